The first kappa shape index (κ1) is 14.8. The van der Waals surface area contributed by atoms with E-state index in [1.165, 1.54) is 33.0 Å². The summed E-state index contributed by atoms with van der Waals surface area (Å²) >= 11 is 0. The van der Waals surface area contributed by atoms with E-state index in [1.807, 2.05) is 12.1 Å². The fraction of sp³-hybridized carbons (Fsp3) is 0.267. The van der Waals surface area contributed by atoms with Gasteiger partial charge in [0.2, 0.25) is 11.8 Å². The molecule has 110 valence electrons. The van der Waals surface area contributed by atoms with E-state index in [2.05, 4.69) is 4.98 Å². The van der Waals surface area contributed by atoms with Crippen LogP contribution in [0.25, 0.3) is 17.2 Å². The number of amides is 1. The second-order valence-electron chi connectivity index (χ2n) is 5.11. The van der Waals surface area contributed by atoms with Gasteiger partial charge in [0.25, 0.3) is 0 Å². The Hall–Kier alpha value is -2.63. The topological polar surface area (TPSA) is 83.6 Å². The molecule has 0 fully saturated rings. The van der Waals surface area contributed by atoms with Gasteiger partial charge in [0.05, 0.1) is 0 Å². The standard InChI is InChI=1S/C15H16N2O4/c1-15(2,14(19)20)17(3)13(18)9-8-12-16-10-6-4-5-7-11(10)21-12/h4-9H,1-3H3,(H,19,20). The molecule has 0 unspecified atom stereocenters. The zero-order valence-corrected chi connectivity index (χ0v) is 12.0. The van der Waals surface area contributed by atoms with Gasteiger partial charge >= 0.3 is 5.97 Å². The molecule has 0 saturated heterocycles. The number of carbonyl (C=O) groups excluding carboxylic acids is 1. The van der Waals surface area contributed by atoms with Crippen LogP contribution in [0, 0.1) is 0 Å². The highest BCUT2D eigenvalue weighted by molar-refractivity contribution is 5.95. The number of aromatic nitrogens is 1. The van der Waals surface area contributed by atoms with Gasteiger partial charge < -0.3 is 14.4 Å². The van der Waals surface area contributed by atoms with Crippen LogP contribution in [-0.2, 0) is 9.59 Å². The highest BCUT2D eigenvalue weighted by atomic mass is 16.4. The number of hydrogen-bond acceptors (Lipinski definition) is 4. The van der Waals surface area contributed by atoms with Crippen LogP contribution in [0.15, 0.2) is 34.8 Å². The lowest BCUT2D eigenvalue weighted by molar-refractivity contribution is -0.153. The Balaban J connectivity index is 2.17. The van der Waals surface area contributed by atoms with Crippen molar-refractivity contribution in [2.75, 3.05) is 7.05 Å². The highest BCUT2D eigenvalue weighted by Gasteiger charge is 2.34. The van der Waals surface area contributed by atoms with E-state index in [-0.39, 0.29) is 0 Å². The third-order valence-electron chi connectivity index (χ3n) is 3.37. The minimum Gasteiger partial charge on any atom is -0.480 e. The van der Waals surface area contributed by atoms with Crippen LogP contribution in [-0.4, -0.2) is 39.5 Å². The summed E-state index contributed by atoms with van der Waals surface area (Å²) in [6, 6.07) is 7.25. The van der Waals surface area contributed by atoms with E-state index in [0.29, 0.717) is 17.0 Å². The summed E-state index contributed by atoms with van der Waals surface area (Å²) in [6.07, 6.45) is 2.67. The summed E-state index contributed by atoms with van der Waals surface area (Å²) in [5.41, 5.74) is 0.0376. The molecule has 0 aliphatic heterocycles. The van der Waals surface area contributed by atoms with Crippen LogP contribution >= 0.6 is 0 Å². The van der Waals surface area contributed by atoms with Gasteiger partial charge in [-0.25, -0.2) is 9.78 Å². The van der Waals surface area contributed by atoms with Crippen molar-refractivity contribution in [1.29, 1.82) is 0 Å². The summed E-state index contributed by atoms with van der Waals surface area (Å²) < 4.78 is 5.45. The van der Waals surface area contributed by atoms with Gasteiger partial charge in [-0.05, 0) is 26.0 Å². The summed E-state index contributed by atoms with van der Waals surface area (Å²) in [5.74, 6) is -1.22. The molecule has 21 heavy (non-hydrogen) atoms. The molecule has 6 nitrogen and oxygen atoms in total. The molecule has 0 aliphatic carbocycles. The van der Waals surface area contributed by atoms with Gasteiger partial charge in [-0.3, -0.25) is 4.79 Å². The first-order chi connectivity index (χ1) is 9.82. The maximum atomic E-state index is 12.0. The lowest BCUT2D eigenvalue weighted by Crippen LogP contribution is -2.50. The second-order valence-corrected chi connectivity index (χ2v) is 5.11. The molecule has 0 bridgehead atoms. The Morgan fingerprint density at radius 1 is 1.33 bits per heavy atom. The molecule has 1 aromatic heterocycles. The van der Waals surface area contributed by atoms with Gasteiger partial charge in [0.1, 0.15) is 11.1 Å². The first-order valence-corrected chi connectivity index (χ1v) is 6.37. The molecule has 1 amide bonds. The molecule has 0 aliphatic rings. The van der Waals surface area contributed by atoms with Crippen molar-refractivity contribution in [2.24, 2.45) is 0 Å². The lowest BCUT2D eigenvalue weighted by Gasteiger charge is -2.30. The third kappa shape index (κ3) is 2.94. The number of carboxylic acid groups (broad SMARTS) is 1. The second kappa shape index (κ2) is 5.40. The van der Waals surface area contributed by atoms with Crippen molar-refractivity contribution < 1.29 is 19.1 Å². The molecule has 1 aromatic carbocycles. The molecule has 2 aromatic rings. The van der Waals surface area contributed by atoms with Crippen LogP contribution in [0.5, 0.6) is 0 Å². The number of carbonyl (C=O) groups is 2. The van der Waals surface area contributed by atoms with Crippen LogP contribution in [0.1, 0.15) is 19.7 Å². The van der Waals surface area contributed by atoms with Gasteiger partial charge in [-0.15, -0.1) is 0 Å². The molecular weight excluding hydrogens is 272 g/mol. The maximum Gasteiger partial charge on any atom is 0.329 e. The minimum absolute atomic E-state index is 0.297. The molecule has 0 radical (unpaired) electrons. The zero-order valence-electron chi connectivity index (χ0n) is 12.0. The van der Waals surface area contributed by atoms with Crippen molar-refractivity contribution in [2.45, 2.75) is 19.4 Å². The Morgan fingerprint density at radius 3 is 2.62 bits per heavy atom. The van der Waals surface area contributed by atoms with Crippen molar-refractivity contribution >= 4 is 29.1 Å². The average molecular weight is 288 g/mol. The Labute approximate surface area is 121 Å². The molecule has 0 spiro atoms. The highest BCUT2D eigenvalue weighted by Crippen LogP contribution is 2.16. The summed E-state index contributed by atoms with van der Waals surface area (Å²) in [6.45, 7) is 2.92. The summed E-state index contributed by atoms with van der Waals surface area (Å²) in [7, 11) is 1.44. The van der Waals surface area contributed by atoms with Crippen LogP contribution < -0.4 is 0 Å². The van der Waals surface area contributed by atoms with E-state index in [0.717, 1.165) is 4.90 Å². The molecule has 1 N–H and O–H groups in total. The fourth-order valence-electron chi connectivity index (χ4n) is 1.63. The predicted octanol–water partition coefficient (Wildman–Crippen LogP) is 2.16. The fourth-order valence-corrected chi connectivity index (χ4v) is 1.63. The molecular formula is C15H16N2O4. The number of hydrogen-bond donors (Lipinski definition) is 1. The quantitative estimate of drug-likeness (QED) is 0.872. The van der Waals surface area contributed by atoms with E-state index in [4.69, 9.17) is 9.52 Å². The predicted molar refractivity (Wildman–Crippen MR) is 77.5 cm³/mol. The maximum absolute atomic E-state index is 12.0. The van der Waals surface area contributed by atoms with Crippen LogP contribution in [0.3, 0.4) is 0 Å². The smallest absolute Gasteiger partial charge is 0.329 e. The van der Waals surface area contributed by atoms with Crippen LogP contribution in [0.2, 0.25) is 0 Å². The normalized spacial score (nSPS) is 12.0. The number of rotatable bonds is 4. The number of carboxylic acids is 1. The van der Waals surface area contributed by atoms with Gasteiger partial charge in [-0.1, -0.05) is 12.1 Å². The summed E-state index contributed by atoms with van der Waals surface area (Å²) in [4.78, 5) is 28.4. The van der Waals surface area contributed by atoms with Crippen molar-refractivity contribution in [3.63, 3.8) is 0 Å². The number of oxazole rings is 1. The summed E-state index contributed by atoms with van der Waals surface area (Å²) in [5, 5.41) is 9.09. The number of benzene rings is 1. The lowest BCUT2D eigenvalue weighted by atomic mass is 10.0. The Morgan fingerprint density at radius 2 is 2.00 bits per heavy atom. The van der Waals surface area contributed by atoms with Gasteiger partial charge in [-0.2, -0.15) is 0 Å². The molecule has 2 rings (SSSR count). The molecule has 0 saturated carbocycles. The van der Waals surface area contributed by atoms with E-state index >= 15 is 0 Å². The molecule has 6 heteroatoms. The zero-order chi connectivity index (χ0) is 15.6. The van der Waals surface area contributed by atoms with Gasteiger partial charge in [0, 0.05) is 19.2 Å². The number of likely N-dealkylation sites (N-methyl/N-ethyl adjacent to an activating group) is 1. The van der Waals surface area contributed by atoms with Gasteiger partial charge in [0.15, 0.2) is 5.58 Å². The van der Waals surface area contributed by atoms with E-state index in [9.17, 15) is 9.59 Å². The Kier molecular flexibility index (Phi) is 3.80. The largest absolute Gasteiger partial charge is 0.480 e. The number of fused-ring (bicyclic) bond motifs is 1. The van der Waals surface area contributed by atoms with E-state index in [1.54, 1.807) is 12.1 Å². The third-order valence-corrected chi connectivity index (χ3v) is 3.37. The van der Waals surface area contributed by atoms with Crippen LogP contribution in [0.4, 0.5) is 0 Å². The molecule has 0 atom stereocenters. The monoisotopic (exact) mass is 288 g/mol. The number of aliphatic carboxylic acids is 1. The first-order valence-electron chi connectivity index (χ1n) is 6.37. The van der Waals surface area contributed by atoms with Crippen molar-refractivity contribution in [3.05, 3.63) is 36.2 Å². The van der Waals surface area contributed by atoms with Crippen molar-refractivity contribution in [3.8, 4) is 0 Å². The Bertz CT molecular complexity index is 682. The van der Waals surface area contributed by atoms with E-state index < -0.39 is 17.4 Å². The SMILES string of the molecule is CN(C(=O)C=Cc1nc2ccccc2o1)C(C)(C)C(=O)O. The number of para-hydroxylation sites is 2. The average Bonchev–Trinajstić information content (AvgIpc) is 2.86. The molecule has 1 heterocycles. The minimum atomic E-state index is -1.29. The number of nitrogens with zero attached hydrogens (tertiary/aromatic N) is 2. The van der Waals surface area contributed by atoms with Crippen molar-refractivity contribution in [1.82, 2.24) is 9.88 Å².